The van der Waals surface area contributed by atoms with E-state index in [1.54, 1.807) is 12.3 Å². The molecule has 2 aromatic rings. The smallest absolute Gasteiger partial charge is 0.301 e. The van der Waals surface area contributed by atoms with Crippen LogP contribution in [0.3, 0.4) is 0 Å². The van der Waals surface area contributed by atoms with Gasteiger partial charge in [0.2, 0.25) is 11.7 Å². The summed E-state index contributed by atoms with van der Waals surface area (Å²) >= 11 is 2.52. The fraction of sp³-hybridized carbons (Fsp3) is 0.300. The van der Waals surface area contributed by atoms with Gasteiger partial charge in [0.15, 0.2) is 10.2 Å². The minimum Gasteiger partial charge on any atom is -0.339 e. The van der Waals surface area contributed by atoms with E-state index in [9.17, 15) is 13.2 Å². The van der Waals surface area contributed by atoms with Gasteiger partial charge in [-0.1, -0.05) is 16.9 Å². The molecule has 0 aliphatic rings. The minimum atomic E-state index is -2.26. The van der Waals surface area contributed by atoms with Crippen LogP contribution in [0.1, 0.15) is 12.3 Å². The summed E-state index contributed by atoms with van der Waals surface area (Å²) in [5, 5.41) is 5.44. The summed E-state index contributed by atoms with van der Waals surface area (Å²) in [5.41, 5.74) is 0.553. The molecule has 0 aromatic carbocycles. The summed E-state index contributed by atoms with van der Waals surface area (Å²) in [4.78, 5) is 8.22. The molecular formula is C10H8F3N3OS2. The van der Waals surface area contributed by atoms with Crippen molar-refractivity contribution in [3.8, 4) is 11.5 Å². The highest BCUT2D eigenvalue weighted by atomic mass is 32.2. The number of hydrogen-bond acceptors (Lipinski definition) is 6. The van der Waals surface area contributed by atoms with Gasteiger partial charge in [0, 0.05) is 24.5 Å². The first-order chi connectivity index (χ1) is 9.06. The Kier molecular flexibility index (Phi) is 4.59. The second-order valence-corrected chi connectivity index (χ2v) is 5.60. The zero-order valence-electron chi connectivity index (χ0n) is 9.69. The second-order valence-electron chi connectivity index (χ2n) is 3.40. The van der Waals surface area contributed by atoms with Crippen LogP contribution >= 0.6 is 23.1 Å². The number of aryl methyl sites for hydroxylation is 1. The largest absolute Gasteiger partial charge is 0.339 e. The third-order valence-corrected chi connectivity index (χ3v) is 4.01. The van der Waals surface area contributed by atoms with E-state index in [2.05, 4.69) is 15.1 Å². The molecule has 0 radical (unpaired) electrons. The van der Waals surface area contributed by atoms with Crippen molar-refractivity contribution in [1.82, 2.24) is 15.1 Å². The third kappa shape index (κ3) is 3.80. The highest BCUT2D eigenvalue weighted by molar-refractivity contribution is 8.01. The topological polar surface area (TPSA) is 51.8 Å². The van der Waals surface area contributed by atoms with Gasteiger partial charge in [0.05, 0.1) is 0 Å². The molecule has 0 unspecified atom stereocenters. The molecular weight excluding hydrogens is 299 g/mol. The summed E-state index contributed by atoms with van der Waals surface area (Å²) in [7, 11) is 0. The number of nitrogens with zero attached hydrogens (tertiary/aromatic N) is 3. The van der Waals surface area contributed by atoms with Crippen molar-refractivity contribution >= 4 is 23.1 Å². The highest BCUT2D eigenvalue weighted by Crippen LogP contribution is 2.28. The fourth-order valence-corrected chi connectivity index (χ4v) is 2.96. The number of thiazole rings is 1. The minimum absolute atomic E-state index is 0.196. The van der Waals surface area contributed by atoms with Crippen molar-refractivity contribution in [3.63, 3.8) is 0 Å². The lowest BCUT2D eigenvalue weighted by Crippen LogP contribution is -1.84. The van der Waals surface area contributed by atoms with Crippen molar-refractivity contribution in [2.75, 3.05) is 5.75 Å². The first-order valence-electron chi connectivity index (χ1n) is 5.15. The van der Waals surface area contributed by atoms with Gasteiger partial charge in [-0.05, 0) is 0 Å². The predicted molar refractivity (Wildman–Crippen MR) is 65.8 cm³/mol. The Labute approximate surface area is 114 Å². The molecule has 0 N–H and O–H groups in total. The number of hydrogen-bond donors (Lipinski definition) is 0. The number of rotatable bonds is 5. The van der Waals surface area contributed by atoms with Gasteiger partial charge in [-0.2, -0.15) is 13.8 Å². The van der Waals surface area contributed by atoms with E-state index in [-0.39, 0.29) is 12.2 Å². The monoisotopic (exact) mass is 307 g/mol. The van der Waals surface area contributed by atoms with Gasteiger partial charge >= 0.3 is 6.08 Å². The lowest BCUT2D eigenvalue weighted by Gasteiger charge is -1.95. The molecule has 0 aliphatic heterocycles. The van der Waals surface area contributed by atoms with Crippen LogP contribution < -0.4 is 0 Å². The molecule has 9 heteroatoms. The lowest BCUT2D eigenvalue weighted by molar-refractivity contribution is 0.373. The third-order valence-electron chi connectivity index (χ3n) is 1.99. The highest BCUT2D eigenvalue weighted by Gasteiger charge is 2.11. The molecule has 19 heavy (non-hydrogen) atoms. The first kappa shape index (κ1) is 14.1. The van der Waals surface area contributed by atoms with E-state index in [4.69, 9.17) is 4.52 Å². The molecule has 0 spiro atoms. The molecule has 0 atom stereocenters. The molecule has 0 amide bonds. The Morgan fingerprint density at radius 3 is 2.79 bits per heavy atom. The van der Waals surface area contributed by atoms with Crippen LogP contribution in [-0.2, 0) is 0 Å². The van der Waals surface area contributed by atoms with E-state index in [1.807, 2.05) is 0 Å². The Hall–Kier alpha value is -1.35. The van der Waals surface area contributed by atoms with E-state index in [0.29, 0.717) is 21.7 Å². The van der Waals surface area contributed by atoms with E-state index in [0.717, 1.165) is 0 Å². The molecule has 0 saturated carbocycles. The van der Waals surface area contributed by atoms with Crippen LogP contribution in [0.4, 0.5) is 13.2 Å². The van der Waals surface area contributed by atoms with Crippen molar-refractivity contribution in [1.29, 1.82) is 0 Å². The van der Waals surface area contributed by atoms with Crippen LogP contribution in [0.15, 0.2) is 26.2 Å². The zero-order valence-corrected chi connectivity index (χ0v) is 11.3. The lowest BCUT2D eigenvalue weighted by atomic mass is 10.4. The van der Waals surface area contributed by atoms with E-state index in [1.165, 1.54) is 23.1 Å². The van der Waals surface area contributed by atoms with Crippen molar-refractivity contribution in [2.45, 2.75) is 17.7 Å². The van der Waals surface area contributed by atoms with Gasteiger partial charge in [0.25, 0.3) is 0 Å². The molecule has 0 saturated heterocycles. The number of aromatic nitrogens is 3. The summed E-state index contributed by atoms with van der Waals surface area (Å²) in [6.07, 6.45) is -2.58. The zero-order chi connectivity index (χ0) is 13.8. The maximum atomic E-state index is 12.6. The van der Waals surface area contributed by atoms with Gasteiger partial charge in [-0.3, -0.25) is 0 Å². The Balaban J connectivity index is 1.93. The molecule has 0 aliphatic carbocycles. The standard InChI is InChI=1S/C10H8F3N3OS2/c1-5-14-9(16-17-5)7-4-19-10(15-7)18-3-2-6(11)8(12)13/h4H,2-3H2,1H3. The predicted octanol–water partition coefficient (Wildman–Crippen LogP) is 4.06. The molecule has 2 heterocycles. The maximum absolute atomic E-state index is 12.6. The van der Waals surface area contributed by atoms with Crippen LogP contribution in [-0.4, -0.2) is 20.9 Å². The average molecular weight is 307 g/mol. The number of allylic oxidation sites excluding steroid dienone is 1. The van der Waals surface area contributed by atoms with Crippen LogP contribution in [0.2, 0.25) is 0 Å². The fourth-order valence-electron chi connectivity index (χ4n) is 1.15. The molecule has 0 bridgehead atoms. The summed E-state index contributed by atoms with van der Waals surface area (Å²) < 4.78 is 41.7. The van der Waals surface area contributed by atoms with Crippen molar-refractivity contribution in [3.05, 3.63) is 23.2 Å². The molecule has 102 valence electrons. The molecule has 2 aromatic heterocycles. The van der Waals surface area contributed by atoms with Crippen LogP contribution in [0.25, 0.3) is 11.5 Å². The Morgan fingerprint density at radius 2 is 2.16 bits per heavy atom. The number of halogens is 3. The van der Waals surface area contributed by atoms with Gasteiger partial charge < -0.3 is 4.52 Å². The maximum Gasteiger partial charge on any atom is 0.301 e. The van der Waals surface area contributed by atoms with Crippen LogP contribution in [0, 0.1) is 6.92 Å². The Morgan fingerprint density at radius 1 is 1.37 bits per heavy atom. The van der Waals surface area contributed by atoms with E-state index < -0.39 is 11.9 Å². The molecule has 0 fully saturated rings. The molecule has 2 rings (SSSR count). The van der Waals surface area contributed by atoms with Gasteiger partial charge in [0.1, 0.15) is 5.69 Å². The average Bonchev–Trinajstić information content (AvgIpc) is 2.97. The van der Waals surface area contributed by atoms with Gasteiger partial charge in [-0.15, -0.1) is 11.3 Å². The summed E-state index contributed by atoms with van der Waals surface area (Å²) in [6, 6.07) is 0. The SMILES string of the molecule is Cc1nc(-c2csc(SCCC(F)=C(F)F)n2)no1. The van der Waals surface area contributed by atoms with Crippen molar-refractivity contribution < 1.29 is 17.7 Å². The second kappa shape index (κ2) is 6.20. The summed E-state index contributed by atoms with van der Waals surface area (Å²) in [6.45, 7) is 1.67. The quantitative estimate of drug-likeness (QED) is 0.780. The normalized spacial score (nSPS) is 10.7. The summed E-state index contributed by atoms with van der Waals surface area (Å²) in [5.74, 6) is -0.371. The van der Waals surface area contributed by atoms with Crippen LogP contribution in [0.5, 0.6) is 0 Å². The van der Waals surface area contributed by atoms with E-state index >= 15 is 0 Å². The first-order valence-corrected chi connectivity index (χ1v) is 7.01. The van der Waals surface area contributed by atoms with Gasteiger partial charge in [-0.25, -0.2) is 9.37 Å². The number of thioether (sulfide) groups is 1. The van der Waals surface area contributed by atoms with Crippen molar-refractivity contribution in [2.24, 2.45) is 0 Å². The molecule has 4 nitrogen and oxygen atoms in total. The Bertz CT molecular complexity index is 592.